The second kappa shape index (κ2) is 9.30. The van der Waals surface area contributed by atoms with E-state index in [2.05, 4.69) is 5.32 Å². The molecule has 8 nitrogen and oxygen atoms in total. The number of ether oxygens (including phenoxy) is 2. The van der Waals surface area contributed by atoms with Crippen LogP contribution in [-0.4, -0.2) is 49.6 Å². The molecule has 30 heavy (non-hydrogen) atoms. The van der Waals surface area contributed by atoms with Crippen LogP contribution in [-0.2, 0) is 16.1 Å². The Balaban J connectivity index is 1.93. The van der Waals surface area contributed by atoms with Crippen molar-refractivity contribution in [1.29, 1.82) is 0 Å². The average Bonchev–Trinajstić information content (AvgIpc) is 2.98. The van der Waals surface area contributed by atoms with Crippen LogP contribution in [0, 0.1) is 0 Å². The van der Waals surface area contributed by atoms with E-state index in [1.54, 1.807) is 56.5 Å². The third kappa shape index (κ3) is 4.22. The SMILES string of the molecule is CCNC(=O)C[C@@H]1C(=O)N(c2ccccc2)C(=O)N1Cc1ccc(OC)c(OC)c1. The molecular formula is C22H25N3O5. The average molecular weight is 411 g/mol. The first kappa shape index (κ1) is 21.2. The molecule has 0 aliphatic carbocycles. The van der Waals surface area contributed by atoms with Crippen molar-refractivity contribution in [3.63, 3.8) is 0 Å². The molecule has 0 spiro atoms. The Morgan fingerprint density at radius 3 is 2.37 bits per heavy atom. The highest BCUT2D eigenvalue weighted by molar-refractivity contribution is 6.22. The molecule has 1 fully saturated rings. The fraction of sp³-hybridized carbons (Fsp3) is 0.318. The van der Waals surface area contributed by atoms with Gasteiger partial charge in [-0.25, -0.2) is 9.69 Å². The van der Waals surface area contributed by atoms with E-state index in [0.717, 1.165) is 10.5 Å². The molecule has 3 rings (SSSR count). The Hall–Kier alpha value is -3.55. The number of carbonyl (C=O) groups excluding carboxylic acids is 3. The van der Waals surface area contributed by atoms with Gasteiger partial charge in [-0.15, -0.1) is 0 Å². The minimum Gasteiger partial charge on any atom is -0.493 e. The summed E-state index contributed by atoms with van der Waals surface area (Å²) < 4.78 is 10.6. The number of nitrogens with one attached hydrogen (secondary N) is 1. The Morgan fingerprint density at radius 1 is 1.03 bits per heavy atom. The smallest absolute Gasteiger partial charge is 0.332 e. The van der Waals surface area contributed by atoms with Gasteiger partial charge in [-0.2, -0.15) is 0 Å². The largest absolute Gasteiger partial charge is 0.493 e. The van der Waals surface area contributed by atoms with Gasteiger partial charge in [0.25, 0.3) is 5.91 Å². The van der Waals surface area contributed by atoms with Crippen molar-refractivity contribution in [2.24, 2.45) is 0 Å². The van der Waals surface area contributed by atoms with Crippen LogP contribution in [0.5, 0.6) is 11.5 Å². The van der Waals surface area contributed by atoms with E-state index >= 15 is 0 Å². The molecular weight excluding hydrogens is 386 g/mol. The molecule has 2 aromatic carbocycles. The third-order valence-electron chi connectivity index (χ3n) is 4.89. The monoisotopic (exact) mass is 411 g/mol. The lowest BCUT2D eigenvalue weighted by Gasteiger charge is -2.22. The molecule has 0 radical (unpaired) electrons. The summed E-state index contributed by atoms with van der Waals surface area (Å²) in [5.41, 5.74) is 1.23. The van der Waals surface area contributed by atoms with E-state index in [0.29, 0.717) is 23.7 Å². The van der Waals surface area contributed by atoms with Crippen molar-refractivity contribution < 1.29 is 23.9 Å². The quantitative estimate of drug-likeness (QED) is 0.675. The van der Waals surface area contributed by atoms with Crippen molar-refractivity contribution in [3.8, 4) is 11.5 Å². The predicted octanol–water partition coefficient (Wildman–Crippen LogP) is 2.57. The van der Waals surface area contributed by atoms with Crippen LogP contribution < -0.4 is 19.7 Å². The van der Waals surface area contributed by atoms with E-state index in [4.69, 9.17) is 9.47 Å². The van der Waals surface area contributed by atoms with Crippen LogP contribution >= 0.6 is 0 Å². The lowest BCUT2D eigenvalue weighted by Crippen LogP contribution is -2.39. The van der Waals surface area contributed by atoms with Gasteiger partial charge >= 0.3 is 6.03 Å². The van der Waals surface area contributed by atoms with Crippen molar-refractivity contribution >= 4 is 23.5 Å². The minimum atomic E-state index is -0.891. The molecule has 0 saturated carbocycles. The summed E-state index contributed by atoms with van der Waals surface area (Å²) in [5.74, 6) is 0.386. The predicted molar refractivity (Wildman–Crippen MR) is 112 cm³/mol. The molecule has 158 valence electrons. The van der Waals surface area contributed by atoms with Gasteiger partial charge in [-0.05, 0) is 36.8 Å². The van der Waals surface area contributed by atoms with Gasteiger partial charge in [0.1, 0.15) is 6.04 Å². The van der Waals surface area contributed by atoms with Gasteiger partial charge in [0.2, 0.25) is 5.91 Å². The second-order valence-electron chi connectivity index (χ2n) is 6.78. The Labute approximate surface area is 175 Å². The van der Waals surface area contributed by atoms with Crippen molar-refractivity contribution in [2.45, 2.75) is 25.9 Å². The number of rotatable bonds is 8. The summed E-state index contributed by atoms with van der Waals surface area (Å²) >= 11 is 0. The summed E-state index contributed by atoms with van der Waals surface area (Å²) in [6, 6.07) is 12.6. The first-order valence-electron chi connectivity index (χ1n) is 9.67. The first-order valence-corrected chi connectivity index (χ1v) is 9.67. The molecule has 1 N–H and O–H groups in total. The van der Waals surface area contributed by atoms with Gasteiger partial charge in [-0.3, -0.25) is 9.59 Å². The highest BCUT2D eigenvalue weighted by atomic mass is 16.5. The zero-order valence-electron chi connectivity index (χ0n) is 17.3. The Morgan fingerprint density at radius 2 is 1.73 bits per heavy atom. The number of imide groups is 1. The fourth-order valence-corrected chi connectivity index (χ4v) is 3.45. The van der Waals surface area contributed by atoms with Crippen molar-refractivity contribution in [1.82, 2.24) is 10.2 Å². The molecule has 1 atom stereocenters. The Bertz CT molecular complexity index is 932. The number of nitrogens with zero attached hydrogens (tertiary/aromatic N) is 2. The molecule has 2 aromatic rings. The highest BCUT2D eigenvalue weighted by Gasteiger charge is 2.46. The lowest BCUT2D eigenvalue weighted by molar-refractivity contribution is -0.127. The van der Waals surface area contributed by atoms with E-state index in [-0.39, 0.29) is 18.9 Å². The normalized spacial score (nSPS) is 16.0. The van der Waals surface area contributed by atoms with E-state index in [9.17, 15) is 14.4 Å². The third-order valence-corrected chi connectivity index (χ3v) is 4.89. The molecule has 0 unspecified atom stereocenters. The molecule has 8 heteroatoms. The maximum atomic E-state index is 13.2. The summed E-state index contributed by atoms with van der Waals surface area (Å²) in [7, 11) is 3.07. The number of hydrogen-bond acceptors (Lipinski definition) is 5. The highest BCUT2D eigenvalue weighted by Crippen LogP contribution is 2.31. The fourth-order valence-electron chi connectivity index (χ4n) is 3.45. The summed E-state index contributed by atoms with van der Waals surface area (Å²) in [6.45, 7) is 2.40. The number of para-hydroxylation sites is 1. The second-order valence-corrected chi connectivity index (χ2v) is 6.78. The number of urea groups is 1. The number of carbonyl (C=O) groups is 3. The van der Waals surface area contributed by atoms with Crippen LogP contribution in [0.4, 0.5) is 10.5 Å². The number of benzene rings is 2. The number of amides is 4. The van der Waals surface area contributed by atoms with Crippen LogP contribution in [0.25, 0.3) is 0 Å². The molecule has 1 aliphatic heterocycles. The van der Waals surface area contributed by atoms with Gasteiger partial charge in [0.05, 0.1) is 26.3 Å². The van der Waals surface area contributed by atoms with Gasteiger partial charge < -0.3 is 19.7 Å². The number of methoxy groups -OCH3 is 2. The Kier molecular flexibility index (Phi) is 6.56. The topological polar surface area (TPSA) is 88.2 Å². The first-order chi connectivity index (χ1) is 14.5. The van der Waals surface area contributed by atoms with E-state index in [1.807, 2.05) is 6.07 Å². The summed E-state index contributed by atoms with van der Waals surface area (Å²) in [6.07, 6.45) is -0.102. The zero-order valence-corrected chi connectivity index (χ0v) is 17.3. The van der Waals surface area contributed by atoms with Crippen LogP contribution in [0.15, 0.2) is 48.5 Å². The van der Waals surface area contributed by atoms with Crippen LogP contribution in [0.2, 0.25) is 0 Å². The molecule has 1 heterocycles. The van der Waals surface area contributed by atoms with Crippen molar-refractivity contribution in [3.05, 3.63) is 54.1 Å². The maximum absolute atomic E-state index is 13.2. The van der Waals surface area contributed by atoms with Crippen LogP contribution in [0.1, 0.15) is 18.9 Å². The van der Waals surface area contributed by atoms with Crippen LogP contribution in [0.3, 0.4) is 0 Å². The molecule has 4 amide bonds. The standard InChI is InChI=1S/C22H25N3O5/c1-4-23-20(26)13-17-21(27)25(16-8-6-5-7-9-16)22(28)24(17)14-15-10-11-18(29-2)19(12-15)30-3/h5-12,17H,4,13-14H2,1-3H3,(H,23,26)/t17-/m1/s1. The zero-order chi connectivity index (χ0) is 21.7. The van der Waals surface area contributed by atoms with Gasteiger partial charge in [-0.1, -0.05) is 24.3 Å². The van der Waals surface area contributed by atoms with E-state index in [1.165, 1.54) is 12.0 Å². The van der Waals surface area contributed by atoms with Gasteiger partial charge in [0, 0.05) is 13.1 Å². The number of hydrogen-bond donors (Lipinski definition) is 1. The molecule has 1 aliphatic rings. The molecule has 0 aromatic heterocycles. The maximum Gasteiger partial charge on any atom is 0.332 e. The number of anilines is 1. The molecule has 1 saturated heterocycles. The van der Waals surface area contributed by atoms with E-state index < -0.39 is 18.0 Å². The minimum absolute atomic E-state index is 0.102. The lowest BCUT2D eigenvalue weighted by atomic mass is 10.1. The summed E-state index contributed by atoms with van der Waals surface area (Å²) in [5, 5.41) is 2.70. The molecule has 0 bridgehead atoms. The summed E-state index contributed by atoms with van der Waals surface area (Å²) in [4.78, 5) is 41.1. The van der Waals surface area contributed by atoms with Crippen molar-refractivity contribution in [2.75, 3.05) is 25.7 Å². The van der Waals surface area contributed by atoms with Gasteiger partial charge in [0.15, 0.2) is 11.5 Å².